The monoisotopic (exact) mass is 390 g/mol. The summed E-state index contributed by atoms with van der Waals surface area (Å²) in [6, 6.07) is 2.61. The van der Waals surface area contributed by atoms with Crippen molar-refractivity contribution < 1.29 is 17.6 Å². The highest BCUT2D eigenvalue weighted by molar-refractivity contribution is 9.10. The Morgan fingerprint density at radius 3 is 2.57 bits per heavy atom. The van der Waals surface area contributed by atoms with Crippen LogP contribution in [-0.2, 0) is 7.05 Å². The van der Waals surface area contributed by atoms with Crippen LogP contribution < -0.4 is 0 Å². The zero-order valence-corrected chi connectivity index (χ0v) is 13.7. The summed E-state index contributed by atoms with van der Waals surface area (Å²) in [6.07, 6.45) is -3.88. The Labute approximate surface area is 137 Å². The normalized spacial score (nSPS) is 12.6. The van der Waals surface area contributed by atoms with Crippen molar-refractivity contribution in [2.75, 3.05) is 0 Å². The van der Waals surface area contributed by atoms with Gasteiger partial charge in [0.15, 0.2) is 11.6 Å². The number of nitrogens with zero attached hydrogens (tertiary/aromatic N) is 4. The number of aliphatic imine (C=N–C) groups is 1. The van der Waals surface area contributed by atoms with Gasteiger partial charge in [0.1, 0.15) is 16.0 Å². The maximum atomic E-state index is 13.9. The van der Waals surface area contributed by atoms with Gasteiger partial charge >= 0.3 is 6.18 Å². The molecule has 0 unspecified atom stereocenters. The molecule has 0 aromatic carbocycles. The fourth-order valence-electron chi connectivity index (χ4n) is 1.87. The van der Waals surface area contributed by atoms with Gasteiger partial charge in [-0.05, 0) is 47.8 Å². The number of hydrogen-bond donors (Lipinski definition) is 0. The summed E-state index contributed by atoms with van der Waals surface area (Å²) in [4.78, 5) is 11.0. The maximum Gasteiger partial charge on any atom is 0.433 e. The smallest absolute Gasteiger partial charge is 0.329 e. The first-order valence-corrected chi connectivity index (χ1v) is 7.05. The molecule has 2 aromatic rings. The standard InChI is InChI=1S/C14H11BrF4N4/c1-7-9(6-10(20-2)14(17,18)19)21-13(23(7)3)12-8(16)4-5-11(15)22-12/h4-6H,2H2,1,3H3/b10-6-. The molecule has 0 saturated carbocycles. The number of imidazole rings is 1. The molecule has 0 saturated heterocycles. The van der Waals surface area contributed by atoms with Gasteiger partial charge in [-0.1, -0.05) is 0 Å². The summed E-state index contributed by atoms with van der Waals surface area (Å²) >= 11 is 3.12. The molecule has 9 heteroatoms. The van der Waals surface area contributed by atoms with Crippen molar-refractivity contribution in [3.8, 4) is 11.5 Å². The molecule has 2 heterocycles. The summed E-state index contributed by atoms with van der Waals surface area (Å²) in [5.41, 5.74) is -0.812. The van der Waals surface area contributed by atoms with E-state index in [2.05, 4.69) is 37.6 Å². The zero-order valence-electron chi connectivity index (χ0n) is 12.1. The second-order valence-corrected chi connectivity index (χ2v) is 5.43. The molecule has 23 heavy (non-hydrogen) atoms. The number of aromatic nitrogens is 3. The van der Waals surface area contributed by atoms with Crippen molar-refractivity contribution in [2.24, 2.45) is 12.0 Å². The van der Waals surface area contributed by atoms with Gasteiger partial charge in [-0.3, -0.25) is 4.99 Å². The number of pyridine rings is 1. The minimum Gasteiger partial charge on any atom is -0.329 e. The van der Waals surface area contributed by atoms with E-state index in [1.807, 2.05) is 0 Å². The molecule has 0 N–H and O–H groups in total. The molecule has 0 radical (unpaired) electrons. The van der Waals surface area contributed by atoms with Gasteiger partial charge in [0.2, 0.25) is 0 Å². The first-order chi connectivity index (χ1) is 10.6. The van der Waals surface area contributed by atoms with E-state index in [0.29, 0.717) is 10.3 Å². The molecule has 2 aromatic heterocycles. The average Bonchev–Trinajstić information content (AvgIpc) is 2.74. The quantitative estimate of drug-likeness (QED) is 0.445. The highest BCUT2D eigenvalue weighted by Crippen LogP contribution is 2.30. The number of rotatable bonds is 3. The molecule has 0 aliphatic rings. The van der Waals surface area contributed by atoms with E-state index in [-0.39, 0.29) is 17.2 Å². The molecular formula is C14H11BrF4N4. The van der Waals surface area contributed by atoms with Crippen molar-refractivity contribution in [3.63, 3.8) is 0 Å². The molecule has 0 fully saturated rings. The van der Waals surface area contributed by atoms with Gasteiger partial charge < -0.3 is 4.57 Å². The third-order valence-electron chi connectivity index (χ3n) is 3.18. The van der Waals surface area contributed by atoms with Crippen LogP contribution in [0, 0.1) is 12.7 Å². The molecule has 0 aliphatic carbocycles. The van der Waals surface area contributed by atoms with Crippen LogP contribution in [0.2, 0.25) is 0 Å². The third-order valence-corrected chi connectivity index (χ3v) is 3.62. The van der Waals surface area contributed by atoms with Gasteiger partial charge in [-0.2, -0.15) is 13.2 Å². The topological polar surface area (TPSA) is 43.1 Å². The Balaban J connectivity index is 2.62. The van der Waals surface area contributed by atoms with Gasteiger partial charge in [-0.15, -0.1) is 0 Å². The lowest BCUT2D eigenvalue weighted by Gasteiger charge is -2.05. The molecule has 122 valence electrons. The van der Waals surface area contributed by atoms with Crippen molar-refractivity contribution in [3.05, 3.63) is 39.6 Å². The fourth-order valence-corrected chi connectivity index (χ4v) is 2.18. The molecule has 0 bridgehead atoms. The van der Waals surface area contributed by atoms with E-state index in [0.717, 1.165) is 6.08 Å². The molecule has 4 nitrogen and oxygen atoms in total. The van der Waals surface area contributed by atoms with Gasteiger partial charge in [-0.25, -0.2) is 14.4 Å². The predicted octanol–water partition coefficient (Wildman–Crippen LogP) is 4.30. The van der Waals surface area contributed by atoms with Crippen LogP contribution in [0.25, 0.3) is 17.6 Å². The van der Waals surface area contributed by atoms with Crippen LogP contribution in [0.5, 0.6) is 0 Å². The van der Waals surface area contributed by atoms with Crippen LogP contribution in [0.3, 0.4) is 0 Å². The Kier molecular flexibility index (Phi) is 4.69. The van der Waals surface area contributed by atoms with Crippen LogP contribution >= 0.6 is 15.9 Å². The second kappa shape index (κ2) is 6.23. The first-order valence-electron chi connectivity index (χ1n) is 6.26. The first kappa shape index (κ1) is 17.3. The number of allylic oxidation sites excluding steroid dienone is 1. The van der Waals surface area contributed by atoms with Crippen LogP contribution in [0.1, 0.15) is 11.4 Å². The van der Waals surface area contributed by atoms with Crippen molar-refractivity contribution in [1.29, 1.82) is 0 Å². The molecule has 0 aliphatic heterocycles. The summed E-state index contributed by atoms with van der Waals surface area (Å²) in [6.45, 7) is 4.48. The van der Waals surface area contributed by atoms with E-state index in [1.54, 1.807) is 14.0 Å². The molecule has 0 atom stereocenters. The molecule has 0 spiro atoms. The highest BCUT2D eigenvalue weighted by atomic mass is 79.9. The van der Waals surface area contributed by atoms with E-state index < -0.39 is 17.7 Å². The Bertz CT molecular complexity index is 793. The zero-order chi connectivity index (χ0) is 17.4. The maximum absolute atomic E-state index is 13.9. The van der Waals surface area contributed by atoms with Crippen LogP contribution in [-0.4, -0.2) is 27.4 Å². The van der Waals surface area contributed by atoms with Gasteiger partial charge in [0, 0.05) is 12.7 Å². The van der Waals surface area contributed by atoms with Crippen molar-refractivity contribution in [1.82, 2.24) is 14.5 Å². The minimum absolute atomic E-state index is 0.0170. The van der Waals surface area contributed by atoms with Crippen molar-refractivity contribution in [2.45, 2.75) is 13.1 Å². The van der Waals surface area contributed by atoms with E-state index in [1.165, 1.54) is 16.7 Å². The van der Waals surface area contributed by atoms with Crippen LogP contribution in [0.15, 0.2) is 27.4 Å². The van der Waals surface area contributed by atoms with Gasteiger partial charge in [0.25, 0.3) is 0 Å². The SMILES string of the molecule is C=N/C(=C\c1nc(-c2nc(Br)ccc2F)n(C)c1C)C(F)(F)F. The Morgan fingerprint density at radius 1 is 1.35 bits per heavy atom. The molecule has 2 rings (SSSR count). The molecular weight excluding hydrogens is 380 g/mol. The average molecular weight is 391 g/mol. The predicted molar refractivity (Wildman–Crippen MR) is 82.4 cm³/mol. The highest BCUT2D eigenvalue weighted by Gasteiger charge is 2.33. The number of alkyl halides is 3. The van der Waals surface area contributed by atoms with E-state index in [4.69, 9.17) is 0 Å². The lowest BCUT2D eigenvalue weighted by Crippen LogP contribution is -2.09. The Hall–Kier alpha value is -2.03. The van der Waals surface area contributed by atoms with Crippen molar-refractivity contribution >= 4 is 28.7 Å². The number of hydrogen-bond acceptors (Lipinski definition) is 3. The summed E-state index contributed by atoms with van der Waals surface area (Å²) in [5, 5.41) is 0. The summed E-state index contributed by atoms with van der Waals surface area (Å²) in [7, 11) is 1.56. The molecule has 0 amide bonds. The third kappa shape index (κ3) is 3.49. The lowest BCUT2D eigenvalue weighted by atomic mass is 10.3. The minimum atomic E-state index is -4.65. The van der Waals surface area contributed by atoms with E-state index in [9.17, 15) is 17.6 Å². The second-order valence-electron chi connectivity index (χ2n) is 4.61. The fraction of sp³-hybridized carbons (Fsp3) is 0.214. The Morgan fingerprint density at radius 2 is 2.00 bits per heavy atom. The van der Waals surface area contributed by atoms with Gasteiger partial charge in [0.05, 0.1) is 5.69 Å². The lowest BCUT2D eigenvalue weighted by molar-refractivity contribution is -0.0912. The summed E-state index contributed by atoms with van der Waals surface area (Å²) < 4.78 is 54.1. The largest absolute Gasteiger partial charge is 0.433 e. The van der Waals surface area contributed by atoms with Crippen LogP contribution in [0.4, 0.5) is 17.6 Å². The summed E-state index contributed by atoms with van der Waals surface area (Å²) in [5.74, 6) is -0.521. The van der Waals surface area contributed by atoms with E-state index >= 15 is 0 Å². The number of halogens is 5.